The minimum atomic E-state index is -3.52. The van der Waals surface area contributed by atoms with Gasteiger partial charge in [-0.25, -0.2) is 13.1 Å². The maximum atomic E-state index is 12.7. The van der Waals surface area contributed by atoms with E-state index < -0.39 is 10.0 Å². The van der Waals surface area contributed by atoms with E-state index in [1.807, 2.05) is 38.1 Å². The summed E-state index contributed by atoms with van der Waals surface area (Å²) in [5, 5.41) is 4.36. The molecule has 4 atom stereocenters. The Hall–Kier alpha value is -1.82. The molecule has 0 bridgehead atoms. The van der Waals surface area contributed by atoms with E-state index in [0.717, 1.165) is 29.1 Å². The van der Waals surface area contributed by atoms with Crippen molar-refractivity contribution in [2.45, 2.75) is 49.6 Å². The number of allylic oxidation sites excluding steroid dienone is 2. The molecule has 28 heavy (non-hydrogen) atoms. The van der Waals surface area contributed by atoms with Gasteiger partial charge < -0.3 is 5.32 Å². The van der Waals surface area contributed by atoms with Crippen LogP contribution >= 0.6 is 11.6 Å². The minimum Gasteiger partial charge on any atom is -0.378 e. The Balaban J connectivity index is 1.70. The molecule has 2 aromatic carbocycles. The van der Waals surface area contributed by atoms with Crippen molar-refractivity contribution in [2.24, 2.45) is 5.92 Å². The van der Waals surface area contributed by atoms with Crippen LogP contribution in [0.5, 0.6) is 0 Å². The zero-order chi connectivity index (χ0) is 19.9. The van der Waals surface area contributed by atoms with E-state index in [1.165, 1.54) is 5.56 Å². The fraction of sp³-hybridized carbons (Fsp3) is 0.364. The van der Waals surface area contributed by atoms with Crippen LogP contribution in [0.2, 0.25) is 5.02 Å². The normalized spacial score (nSPS) is 24.3. The fourth-order valence-electron chi connectivity index (χ4n) is 4.16. The van der Waals surface area contributed by atoms with E-state index in [-0.39, 0.29) is 18.0 Å². The second-order valence-corrected chi connectivity index (χ2v) is 9.86. The second kappa shape index (κ2) is 7.54. The summed E-state index contributed by atoms with van der Waals surface area (Å²) in [6, 6.07) is 13.5. The van der Waals surface area contributed by atoms with Crippen LogP contribution < -0.4 is 10.0 Å². The van der Waals surface area contributed by atoms with Crippen molar-refractivity contribution >= 4 is 27.3 Å². The Bertz CT molecular complexity index is 1000. The lowest BCUT2D eigenvalue weighted by Crippen LogP contribution is -2.33. The van der Waals surface area contributed by atoms with Gasteiger partial charge in [0.15, 0.2) is 0 Å². The van der Waals surface area contributed by atoms with Gasteiger partial charge in [0.25, 0.3) is 0 Å². The predicted molar refractivity (Wildman–Crippen MR) is 114 cm³/mol. The van der Waals surface area contributed by atoms with Gasteiger partial charge in [-0.05, 0) is 67.1 Å². The van der Waals surface area contributed by atoms with E-state index in [1.54, 1.807) is 6.07 Å². The molecule has 4 rings (SSSR count). The summed E-state index contributed by atoms with van der Waals surface area (Å²) in [5.74, 6) is 0.560. The van der Waals surface area contributed by atoms with Crippen molar-refractivity contribution in [1.29, 1.82) is 0 Å². The van der Waals surface area contributed by atoms with Crippen LogP contribution in [-0.4, -0.2) is 14.5 Å². The van der Waals surface area contributed by atoms with E-state index in [0.29, 0.717) is 10.8 Å². The number of rotatable bonds is 5. The zero-order valence-electron chi connectivity index (χ0n) is 16.0. The number of halogens is 1. The van der Waals surface area contributed by atoms with Crippen molar-refractivity contribution in [3.05, 3.63) is 70.8 Å². The number of anilines is 1. The summed E-state index contributed by atoms with van der Waals surface area (Å²) >= 11 is 6.05. The van der Waals surface area contributed by atoms with Gasteiger partial charge in [-0.2, -0.15) is 0 Å². The number of fused-ring (bicyclic) bond motifs is 3. The predicted octanol–water partition coefficient (Wildman–Crippen LogP) is 5.24. The van der Waals surface area contributed by atoms with Gasteiger partial charge in [0.1, 0.15) is 0 Å². The molecule has 2 aliphatic rings. The SMILES string of the molecule is CCC(C)NS(=O)(=O)c1ccc2c(c1)C1C=CCC1C(c1ccc(Cl)cc1)N2. The molecule has 1 aliphatic carbocycles. The number of hydrogen-bond acceptors (Lipinski definition) is 3. The topological polar surface area (TPSA) is 58.2 Å². The van der Waals surface area contributed by atoms with Gasteiger partial charge in [0.2, 0.25) is 10.0 Å². The van der Waals surface area contributed by atoms with Crippen molar-refractivity contribution in [1.82, 2.24) is 4.72 Å². The lowest BCUT2D eigenvalue weighted by Gasteiger charge is -2.37. The fourth-order valence-corrected chi connectivity index (χ4v) is 5.64. The van der Waals surface area contributed by atoms with E-state index in [4.69, 9.17) is 11.6 Å². The molecule has 0 saturated carbocycles. The molecule has 2 N–H and O–H groups in total. The Morgan fingerprint density at radius 1 is 1.21 bits per heavy atom. The van der Waals surface area contributed by atoms with Gasteiger partial charge in [-0.15, -0.1) is 0 Å². The van der Waals surface area contributed by atoms with Gasteiger partial charge in [-0.3, -0.25) is 0 Å². The first-order valence-corrected chi connectivity index (χ1v) is 11.6. The van der Waals surface area contributed by atoms with Gasteiger partial charge in [0, 0.05) is 22.7 Å². The van der Waals surface area contributed by atoms with Crippen LogP contribution in [0.4, 0.5) is 5.69 Å². The van der Waals surface area contributed by atoms with Crippen molar-refractivity contribution in [3.8, 4) is 0 Å². The molecule has 4 unspecified atom stereocenters. The number of benzene rings is 2. The summed E-state index contributed by atoms with van der Waals surface area (Å²) < 4.78 is 28.2. The maximum absolute atomic E-state index is 12.7. The number of sulfonamides is 1. The molecule has 148 valence electrons. The summed E-state index contributed by atoms with van der Waals surface area (Å²) in [5.41, 5.74) is 3.25. The Morgan fingerprint density at radius 2 is 1.96 bits per heavy atom. The Kier molecular flexibility index (Phi) is 5.25. The Labute approximate surface area is 172 Å². The second-order valence-electron chi connectivity index (χ2n) is 7.71. The lowest BCUT2D eigenvalue weighted by molar-refractivity contribution is 0.425. The number of nitrogens with one attached hydrogen (secondary N) is 2. The first-order chi connectivity index (χ1) is 13.4. The highest BCUT2D eigenvalue weighted by molar-refractivity contribution is 7.89. The highest BCUT2D eigenvalue weighted by Gasteiger charge is 2.38. The molecule has 0 saturated heterocycles. The van der Waals surface area contributed by atoms with E-state index in [9.17, 15) is 8.42 Å². The van der Waals surface area contributed by atoms with E-state index in [2.05, 4.69) is 34.3 Å². The quantitative estimate of drug-likeness (QED) is 0.655. The molecule has 0 aromatic heterocycles. The van der Waals surface area contributed by atoms with Gasteiger partial charge in [0.05, 0.1) is 10.9 Å². The van der Waals surface area contributed by atoms with Gasteiger partial charge in [-0.1, -0.05) is 42.8 Å². The summed E-state index contributed by atoms with van der Waals surface area (Å²) in [6.45, 7) is 3.85. The molecule has 0 radical (unpaired) electrons. The molecule has 6 heteroatoms. The summed E-state index contributed by atoms with van der Waals surface area (Å²) in [4.78, 5) is 0.331. The van der Waals surface area contributed by atoms with Crippen LogP contribution in [0.3, 0.4) is 0 Å². The average molecular weight is 417 g/mol. The first-order valence-electron chi connectivity index (χ1n) is 9.74. The number of hydrogen-bond donors (Lipinski definition) is 2. The van der Waals surface area contributed by atoms with Crippen molar-refractivity contribution in [2.75, 3.05) is 5.32 Å². The minimum absolute atomic E-state index is 0.0902. The molecule has 4 nitrogen and oxygen atoms in total. The molecule has 1 aliphatic heterocycles. The lowest BCUT2D eigenvalue weighted by atomic mass is 9.77. The third-order valence-corrected chi connectivity index (χ3v) is 7.68. The maximum Gasteiger partial charge on any atom is 0.240 e. The summed E-state index contributed by atoms with van der Waals surface area (Å²) in [7, 11) is -3.52. The Morgan fingerprint density at radius 3 is 2.68 bits per heavy atom. The third kappa shape index (κ3) is 3.59. The van der Waals surface area contributed by atoms with Gasteiger partial charge >= 0.3 is 0 Å². The third-order valence-electron chi connectivity index (χ3n) is 5.84. The van der Waals surface area contributed by atoms with Crippen molar-refractivity contribution in [3.63, 3.8) is 0 Å². The molecular weight excluding hydrogens is 392 g/mol. The molecular formula is C22H25ClN2O2S. The van der Waals surface area contributed by atoms with Crippen LogP contribution in [0.1, 0.15) is 49.8 Å². The molecule has 2 aromatic rings. The molecule has 1 heterocycles. The molecule has 0 fully saturated rings. The summed E-state index contributed by atoms with van der Waals surface area (Å²) in [6.07, 6.45) is 6.13. The largest absolute Gasteiger partial charge is 0.378 e. The first kappa shape index (κ1) is 19.5. The molecule has 0 spiro atoms. The van der Waals surface area contributed by atoms with Crippen LogP contribution in [0.25, 0.3) is 0 Å². The highest BCUT2D eigenvalue weighted by atomic mass is 35.5. The van der Waals surface area contributed by atoms with Crippen LogP contribution in [-0.2, 0) is 10.0 Å². The highest BCUT2D eigenvalue weighted by Crippen LogP contribution is 2.50. The van der Waals surface area contributed by atoms with Crippen molar-refractivity contribution < 1.29 is 8.42 Å². The monoisotopic (exact) mass is 416 g/mol. The standard InChI is InChI=1S/C22H25ClN2O2S/c1-3-14(2)25-28(26,27)17-11-12-21-20(13-17)18-5-4-6-19(18)22(24-21)15-7-9-16(23)10-8-15/h4-5,7-14,18-19,22,24-25H,3,6H2,1-2H3. The molecule has 0 amide bonds. The zero-order valence-corrected chi connectivity index (χ0v) is 17.6. The van der Waals surface area contributed by atoms with Crippen LogP contribution in [0.15, 0.2) is 59.5 Å². The smallest absolute Gasteiger partial charge is 0.240 e. The van der Waals surface area contributed by atoms with Crippen LogP contribution in [0, 0.1) is 5.92 Å². The average Bonchev–Trinajstić information content (AvgIpc) is 3.17. The van der Waals surface area contributed by atoms with E-state index >= 15 is 0 Å².